The summed E-state index contributed by atoms with van der Waals surface area (Å²) < 4.78 is 1.65. The van der Waals surface area contributed by atoms with Crippen molar-refractivity contribution in [2.24, 2.45) is 0 Å². The molecule has 146 valence electrons. The van der Waals surface area contributed by atoms with Gasteiger partial charge in [-0.15, -0.1) is 0 Å². The molecule has 1 aliphatic rings. The fourth-order valence-electron chi connectivity index (χ4n) is 3.43. The highest BCUT2D eigenvalue weighted by molar-refractivity contribution is 6.33. The molecule has 9 heteroatoms. The van der Waals surface area contributed by atoms with Gasteiger partial charge in [0.2, 0.25) is 5.91 Å². The van der Waals surface area contributed by atoms with Crippen molar-refractivity contribution in [3.8, 4) is 0 Å². The molecule has 28 heavy (non-hydrogen) atoms. The highest BCUT2D eigenvalue weighted by atomic mass is 35.5. The van der Waals surface area contributed by atoms with Crippen molar-refractivity contribution >= 4 is 40.5 Å². The molecule has 1 fully saturated rings. The molecule has 1 saturated heterocycles. The number of aryl methyl sites for hydroxylation is 1. The molecule has 0 unspecified atom stereocenters. The monoisotopic (exact) mass is 399 g/mol. The third kappa shape index (κ3) is 3.60. The third-order valence-corrected chi connectivity index (χ3v) is 5.18. The fourth-order valence-corrected chi connectivity index (χ4v) is 3.73. The predicted octanol–water partition coefficient (Wildman–Crippen LogP) is 2.89. The van der Waals surface area contributed by atoms with E-state index in [0.717, 1.165) is 49.1 Å². The summed E-state index contributed by atoms with van der Waals surface area (Å²) in [5, 5.41) is 8.21. The van der Waals surface area contributed by atoms with Crippen molar-refractivity contribution in [2.75, 3.05) is 36.4 Å². The molecule has 1 aromatic carbocycles. The summed E-state index contributed by atoms with van der Waals surface area (Å²) >= 11 is 6.57. The molecule has 0 spiro atoms. The molecule has 0 aliphatic carbocycles. The second-order valence-corrected chi connectivity index (χ2v) is 7.17. The summed E-state index contributed by atoms with van der Waals surface area (Å²) in [6, 6.07) is 7.81. The number of benzene rings is 1. The van der Waals surface area contributed by atoms with Crippen LogP contribution in [-0.4, -0.2) is 56.6 Å². The quantitative estimate of drug-likeness (QED) is 0.726. The number of halogens is 1. The topological polar surface area (TPSA) is 78.7 Å². The van der Waals surface area contributed by atoms with Gasteiger partial charge in [0.15, 0.2) is 0 Å². The number of nitrogens with zero attached hydrogens (tertiary/aromatic N) is 6. The minimum absolute atomic E-state index is 0.206. The molecule has 1 N–H and O–H groups in total. The van der Waals surface area contributed by atoms with Crippen LogP contribution in [0.25, 0.3) is 5.78 Å². The van der Waals surface area contributed by atoms with Gasteiger partial charge in [-0.1, -0.05) is 18.5 Å². The van der Waals surface area contributed by atoms with E-state index < -0.39 is 0 Å². The number of carbonyl (C=O) groups is 1. The number of anilines is 3. The van der Waals surface area contributed by atoms with Gasteiger partial charge in [-0.25, -0.2) is 4.98 Å². The van der Waals surface area contributed by atoms with E-state index in [2.05, 4.69) is 25.3 Å². The largest absolute Gasteiger partial charge is 0.367 e. The Balaban J connectivity index is 1.51. The first kappa shape index (κ1) is 18.5. The van der Waals surface area contributed by atoms with Gasteiger partial charge >= 0.3 is 0 Å². The lowest BCUT2D eigenvalue weighted by molar-refractivity contribution is -0.131. The van der Waals surface area contributed by atoms with Crippen molar-refractivity contribution in [1.29, 1.82) is 0 Å². The number of amides is 1. The van der Waals surface area contributed by atoms with Crippen LogP contribution in [-0.2, 0) is 4.79 Å². The molecule has 0 bridgehead atoms. The Kier molecular flexibility index (Phi) is 5.04. The second-order valence-electron chi connectivity index (χ2n) is 6.77. The first-order chi connectivity index (χ1) is 13.5. The summed E-state index contributed by atoms with van der Waals surface area (Å²) in [7, 11) is 0. The standard InChI is InChI=1S/C19H22ClN7O/c1-3-18(28)26-8-6-25(7-9-26)16-5-4-14(11-15(16)20)24-17-10-13(2)23-19-21-12-22-27(17)19/h4-5,10-12,24H,3,6-9H2,1-2H3. The highest BCUT2D eigenvalue weighted by Gasteiger charge is 2.21. The molecule has 3 heterocycles. The summed E-state index contributed by atoms with van der Waals surface area (Å²) in [5.74, 6) is 1.53. The van der Waals surface area contributed by atoms with E-state index in [4.69, 9.17) is 11.6 Å². The first-order valence-electron chi connectivity index (χ1n) is 9.32. The first-order valence-corrected chi connectivity index (χ1v) is 9.69. The van der Waals surface area contributed by atoms with E-state index in [1.165, 1.54) is 6.33 Å². The summed E-state index contributed by atoms with van der Waals surface area (Å²) in [6.45, 7) is 6.82. The van der Waals surface area contributed by atoms with Crippen LogP contribution in [0.2, 0.25) is 5.02 Å². The predicted molar refractivity (Wildman–Crippen MR) is 109 cm³/mol. The number of piperazine rings is 1. The van der Waals surface area contributed by atoms with Crippen molar-refractivity contribution in [2.45, 2.75) is 20.3 Å². The zero-order valence-electron chi connectivity index (χ0n) is 15.9. The van der Waals surface area contributed by atoms with Crippen LogP contribution in [0, 0.1) is 6.92 Å². The second kappa shape index (κ2) is 7.63. The van der Waals surface area contributed by atoms with E-state index >= 15 is 0 Å². The van der Waals surface area contributed by atoms with Crippen molar-refractivity contribution < 1.29 is 4.79 Å². The van der Waals surface area contributed by atoms with E-state index in [1.807, 2.05) is 43.0 Å². The van der Waals surface area contributed by atoms with Gasteiger partial charge < -0.3 is 15.1 Å². The minimum Gasteiger partial charge on any atom is -0.367 e. The lowest BCUT2D eigenvalue weighted by atomic mass is 10.2. The van der Waals surface area contributed by atoms with E-state index in [0.29, 0.717) is 17.2 Å². The fraction of sp³-hybridized carbons (Fsp3) is 0.368. The molecule has 8 nitrogen and oxygen atoms in total. The Morgan fingerprint density at radius 3 is 2.71 bits per heavy atom. The molecule has 0 atom stereocenters. The molecule has 0 radical (unpaired) electrons. The van der Waals surface area contributed by atoms with Gasteiger partial charge in [-0.2, -0.15) is 14.6 Å². The SMILES string of the molecule is CCC(=O)N1CCN(c2ccc(Nc3cc(C)nc4ncnn34)cc2Cl)CC1. The van der Waals surface area contributed by atoms with E-state index in [1.54, 1.807) is 4.52 Å². The molecular weight excluding hydrogens is 378 g/mol. The number of hydrogen-bond acceptors (Lipinski definition) is 6. The summed E-state index contributed by atoms with van der Waals surface area (Å²) in [6.07, 6.45) is 2.03. The Bertz CT molecular complexity index is 1010. The van der Waals surface area contributed by atoms with Crippen LogP contribution in [0.3, 0.4) is 0 Å². The van der Waals surface area contributed by atoms with Crippen LogP contribution >= 0.6 is 11.6 Å². The molecule has 1 amide bonds. The molecule has 4 rings (SSSR count). The normalized spacial score (nSPS) is 14.5. The van der Waals surface area contributed by atoms with Gasteiger partial charge in [0.25, 0.3) is 5.78 Å². The Hall–Kier alpha value is -2.87. The smallest absolute Gasteiger partial charge is 0.254 e. The zero-order chi connectivity index (χ0) is 19.7. The highest BCUT2D eigenvalue weighted by Crippen LogP contribution is 2.31. The number of rotatable bonds is 4. The molecular formula is C19H22ClN7O. The molecule has 2 aromatic heterocycles. The van der Waals surface area contributed by atoms with Gasteiger partial charge in [-0.3, -0.25) is 4.79 Å². The lowest BCUT2D eigenvalue weighted by Gasteiger charge is -2.36. The van der Waals surface area contributed by atoms with Crippen LogP contribution < -0.4 is 10.2 Å². The van der Waals surface area contributed by atoms with E-state index in [9.17, 15) is 4.79 Å². The van der Waals surface area contributed by atoms with Crippen LogP contribution in [0.4, 0.5) is 17.2 Å². The maximum atomic E-state index is 11.8. The Labute approximate surface area is 168 Å². The maximum absolute atomic E-state index is 11.8. The van der Waals surface area contributed by atoms with E-state index in [-0.39, 0.29) is 5.91 Å². The van der Waals surface area contributed by atoms with Crippen molar-refractivity contribution in [1.82, 2.24) is 24.5 Å². The average molecular weight is 400 g/mol. The zero-order valence-corrected chi connectivity index (χ0v) is 16.6. The van der Waals surface area contributed by atoms with Crippen LogP contribution in [0.1, 0.15) is 19.0 Å². The van der Waals surface area contributed by atoms with Gasteiger partial charge in [-0.05, 0) is 25.1 Å². The van der Waals surface area contributed by atoms with Gasteiger partial charge in [0.05, 0.1) is 10.7 Å². The molecule has 3 aromatic rings. The summed E-state index contributed by atoms with van der Waals surface area (Å²) in [5.41, 5.74) is 2.69. The maximum Gasteiger partial charge on any atom is 0.254 e. The number of aromatic nitrogens is 4. The average Bonchev–Trinajstić information content (AvgIpc) is 3.16. The number of carbonyl (C=O) groups excluding carboxylic acids is 1. The number of hydrogen-bond donors (Lipinski definition) is 1. The Morgan fingerprint density at radius 2 is 2.00 bits per heavy atom. The molecule has 1 aliphatic heterocycles. The lowest BCUT2D eigenvalue weighted by Crippen LogP contribution is -2.48. The van der Waals surface area contributed by atoms with Crippen LogP contribution in [0.5, 0.6) is 0 Å². The minimum atomic E-state index is 0.206. The van der Waals surface area contributed by atoms with Crippen molar-refractivity contribution in [3.63, 3.8) is 0 Å². The number of fused-ring (bicyclic) bond motifs is 1. The van der Waals surface area contributed by atoms with Crippen LogP contribution in [0.15, 0.2) is 30.6 Å². The van der Waals surface area contributed by atoms with Crippen molar-refractivity contribution in [3.05, 3.63) is 41.3 Å². The van der Waals surface area contributed by atoms with Gasteiger partial charge in [0.1, 0.15) is 12.1 Å². The number of nitrogens with one attached hydrogen (secondary N) is 1. The Morgan fingerprint density at radius 1 is 1.21 bits per heavy atom. The summed E-state index contributed by atoms with van der Waals surface area (Å²) in [4.78, 5) is 24.5. The van der Waals surface area contributed by atoms with Gasteiger partial charge in [0, 0.05) is 50.0 Å². The molecule has 0 saturated carbocycles. The third-order valence-electron chi connectivity index (χ3n) is 4.88.